The molecule has 0 radical (unpaired) electrons. The second kappa shape index (κ2) is 5.65. The van der Waals surface area contributed by atoms with Crippen LogP contribution in [0.3, 0.4) is 0 Å². The molecule has 2 atom stereocenters. The first kappa shape index (κ1) is 17.1. The van der Waals surface area contributed by atoms with Gasteiger partial charge in [-0.1, -0.05) is 12.1 Å². The Morgan fingerprint density at radius 2 is 2.04 bits per heavy atom. The summed E-state index contributed by atoms with van der Waals surface area (Å²) in [7, 11) is 0. The lowest BCUT2D eigenvalue weighted by Gasteiger charge is -2.34. The van der Waals surface area contributed by atoms with Gasteiger partial charge < -0.3 is 19.9 Å². The molecule has 3 rings (SSSR count). The van der Waals surface area contributed by atoms with Crippen molar-refractivity contribution < 1.29 is 29.0 Å². The van der Waals surface area contributed by atoms with Crippen molar-refractivity contribution in [3.8, 4) is 5.75 Å². The zero-order valence-electron chi connectivity index (χ0n) is 14.2. The number of hydrogen-bond donors (Lipinski definition) is 2. The fourth-order valence-corrected chi connectivity index (χ4v) is 3.00. The highest BCUT2D eigenvalue weighted by Gasteiger charge is 2.57. The molecule has 8 nitrogen and oxygen atoms in total. The number of carboxylic acids is 1. The Hall–Kier alpha value is -2.77. The van der Waals surface area contributed by atoms with Gasteiger partial charge in [-0.15, -0.1) is 0 Å². The van der Waals surface area contributed by atoms with Crippen LogP contribution in [0.25, 0.3) is 0 Å². The number of anilines is 1. The van der Waals surface area contributed by atoms with Crippen LogP contribution in [0.1, 0.15) is 27.2 Å². The molecule has 134 valence electrons. The van der Waals surface area contributed by atoms with Crippen LogP contribution >= 0.6 is 0 Å². The van der Waals surface area contributed by atoms with E-state index in [1.165, 1.54) is 0 Å². The van der Waals surface area contributed by atoms with Crippen molar-refractivity contribution in [1.82, 2.24) is 4.90 Å². The van der Waals surface area contributed by atoms with Crippen molar-refractivity contribution >= 4 is 23.7 Å². The number of nitrogens with zero attached hydrogens (tertiary/aromatic N) is 1. The van der Waals surface area contributed by atoms with E-state index in [4.69, 9.17) is 9.47 Å². The predicted molar refractivity (Wildman–Crippen MR) is 87.4 cm³/mol. The highest BCUT2D eigenvalue weighted by Crippen LogP contribution is 2.40. The molecule has 2 N–H and O–H groups in total. The number of aliphatic carboxylic acids is 1. The third kappa shape index (κ3) is 3.11. The molecule has 2 amide bonds. The van der Waals surface area contributed by atoms with Crippen molar-refractivity contribution in [1.29, 1.82) is 0 Å². The predicted octanol–water partition coefficient (Wildman–Crippen LogP) is 1.85. The number of ether oxygens (including phenoxy) is 2. The number of carbonyl (C=O) groups excluding carboxylic acids is 2. The van der Waals surface area contributed by atoms with E-state index in [0.717, 1.165) is 4.90 Å². The molecule has 0 bridgehead atoms. The molecule has 1 spiro atoms. The van der Waals surface area contributed by atoms with Crippen LogP contribution in [0.4, 0.5) is 10.5 Å². The van der Waals surface area contributed by atoms with Gasteiger partial charge in [0.05, 0.1) is 12.2 Å². The van der Waals surface area contributed by atoms with Crippen molar-refractivity contribution in [2.75, 3.05) is 11.9 Å². The molecule has 2 aliphatic heterocycles. The Kier molecular flexibility index (Phi) is 3.85. The number of nitrogens with one attached hydrogen (secondary N) is 1. The first-order valence-electron chi connectivity index (χ1n) is 7.93. The Morgan fingerprint density at radius 3 is 2.68 bits per heavy atom. The summed E-state index contributed by atoms with van der Waals surface area (Å²) in [6, 6.07) is 5.67. The van der Waals surface area contributed by atoms with Crippen LogP contribution in [-0.2, 0) is 14.3 Å². The van der Waals surface area contributed by atoms with Gasteiger partial charge in [-0.3, -0.25) is 9.69 Å². The molecule has 25 heavy (non-hydrogen) atoms. The molecule has 1 fully saturated rings. The van der Waals surface area contributed by atoms with E-state index >= 15 is 0 Å². The molecule has 1 aromatic rings. The maximum absolute atomic E-state index is 12.6. The quantitative estimate of drug-likeness (QED) is 0.802. The summed E-state index contributed by atoms with van der Waals surface area (Å²) in [5.74, 6) is -1.24. The number of hydrogen-bond acceptors (Lipinski definition) is 5. The van der Waals surface area contributed by atoms with Gasteiger partial charge in [0.2, 0.25) is 5.60 Å². The lowest BCUT2D eigenvalue weighted by molar-refractivity contribution is -0.142. The van der Waals surface area contributed by atoms with Crippen LogP contribution in [0.15, 0.2) is 24.3 Å². The minimum atomic E-state index is -1.45. The van der Waals surface area contributed by atoms with E-state index in [9.17, 15) is 19.5 Å². The van der Waals surface area contributed by atoms with E-state index in [1.807, 2.05) is 0 Å². The molecule has 0 aliphatic carbocycles. The van der Waals surface area contributed by atoms with Gasteiger partial charge in [0.15, 0.2) is 0 Å². The van der Waals surface area contributed by atoms with Crippen LogP contribution < -0.4 is 10.1 Å². The highest BCUT2D eigenvalue weighted by molar-refractivity contribution is 6.02. The summed E-state index contributed by atoms with van der Waals surface area (Å²) in [5.41, 5.74) is -1.72. The number of fused-ring (bicyclic) bond motifs is 1. The minimum Gasteiger partial charge on any atom is -0.480 e. The lowest BCUT2D eigenvalue weighted by atomic mass is 9.96. The number of benzene rings is 1. The molecule has 1 aromatic carbocycles. The average molecular weight is 348 g/mol. The molecular weight excluding hydrogens is 328 g/mol. The third-order valence-electron chi connectivity index (χ3n) is 4.09. The Labute approximate surface area is 144 Å². The number of carbonyl (C=O) groups is 3. The van der Waals surface area contributed by atoms with E-state index < -0.39 is 35.2 Å². The molecule has 0 saturated carbocycles. The smallest absolute Gasteiger partial charge is 0.411 e. The van der Waals surface area contributed by atoms with Gasteiger partial charge in [-0.05, 0) is 32.9 Å². The Morgan fingerprint density at radius 1 is 1.36 bits per heavy atom. The third-order valence-corrected chi connectivity index (χ3v) is 4.09. The van der Waals surface area contributed by atoms with Crippen LogP contribution in [0.2, 0.25) is 0 Å². The molecule has 8 heteroatoms. The van der Waals surface area contributed by atoms with Crippen LogP contribution in [0, 0.1) is 0 Å². The van der Waals surface area contributed by atoms with E-state index in [-0.39, 0.29) is 13.0 Å². The maximum Gasteiger partial charge on any atom is 0.411 e. The van der Waals surface area contributed by atoms with Gasteiger partial charge in [0.1, 0.15) is 17.4 Å². The van der Waals surface area contributed by atoms with Crippen LogP contribution in [0.5, 0.6) is 5.75 Å². The second-order valence-corrected chi connectivity index (χ2v) is 7.21. The Bertz CT molecular complexity index is 741. The lowest BCUT2D eigenvalue weighted by Crippen LogP contribution is -2.53. The van der Waals surface area contributed by atoms with Gasteiger partial charge in [-0.25, -0.2) is 9.59 Å². The van der Waals surface area contributed by atoms with Gasteiger partial charge in [0.25, 0.3) is 5.91 Å². The van der Waals surface area contributed by atoms with Crippen molar-refractivity contribution in [3.05, 3.63) is 24.3 Å². The maximum atomic E-state index is 12.6. The largest absolute Gasteiger partial charge is 0.480 e. The minimum absolute atomic E-state index is 0.151. The SMILES string of the molecule is CC(C)(C)OC(=O)N1C[C@@]2(C[C@H]1C(=O)O)Oc1ccccc1NC2=O. The summed E-state index contributed by atoms with van der Waals surface area (Å²) in [4.78, 5) is 37.7. The zero-order valence-corrected chi connectivity index (χ0v) is 14.2. The molecule has 0 unspecified atom stereocenters. The van der Waals surface area contributed by atoms with Crippen molar-refractivity contribution in [3.63, 3.8) is 0 Å². The number of rotatable bonds is 1. The monoisotopic (exact) mass is 348 g/mol. The number of para-hydroxylation sites is 2. The number of likely N-dealkylation sites (tertiary alicyclic amines) is 1. The fourth-order valence-electron chi connectivity index (χ4n) is 3.00. The van der Waals surface area contributed by atoms with Gasteiger partial charge >= 0.3 is 12.1 Å². The van der Waals surface area contributed by atoms with Crippen molar-refractivity contribution in [2.24, 2.45) is 0 Å². The van der Waals surface area contributed by atoms with E-state index in [1.54, 1.807) is 45.0 Å². The molecule has 2 aliphatic rings. The van der Waals surface area contributed by atoms with E-state index in [2.05, 4.69) is 5.32 Å². The van der Waals surface area contributed by atoms with Crippen molar-refractivity contribution in [2.45, 2.75) is 44.4 Å². The summed E-state index contributed by atoms with van der Waals surface area (Å²) < 4.78 is 11.1. The molecule has 2 heterocycles. The molecular formula is C17H20N2O6. The zero-order chi connectivity index (χ0) is 18.4. The summed E-state index contributed by atoms with van der Waals surface area (Å²) in [6.45, 7) is 4.87. The average Bonchev–Trinajstić information content (AvgIpc) is 2.88. The standard InChI is InChI=1S/C17H20N2O6/c1-16(2,3)25-15(23)19-9-17(8-11(19)13(20)21)14(22)18-10-6-4-5-7-12(10)24-17/h4-7,11H,8-9H2,1-3H3,(H,18,22)(H,20,21)/t11-,17+/m0/s1. The summed E-state index contributed by atoms with van der Waals surface area (Å²) in [6.07, 6.45) is -0.936. The topological polar surface area (TPSA) is 105 Å². The number of amides is 2. The second-order valence-electron chi connectivity index (χ2n) is 7.21. The molecule has 1 saturated heterocycles. The number of carboxylic acid groups (broad SMARTS) is 1. The molecule has 0 aromatic heterocycles. The summed E-state index contributed by atoms with van der Waals surface area (Å²) in [5, 5.41) is 12.2. The van der Waals surface area contributed by atoms with Gasteiger partial charge in [0, 0.05) is 6.42 Å². The van der Waals surface area contributed by atoms with Gasteiger partial charge in [-0.2, -0.15) is 0 Å². The normalized spacial score (nSPS) is 25.2. The first-order chi connectivity index (χ1) is 11.6. The fraction of sp³-hybridized carbons (Fsp3) is 0.471. The Balaban J connectivity index is 1.91. The highest BCUT2D eigenvalue weighted by atomic mass is 16.6. The van der Waals surface area contributed by atoms with Crippen LogP contribution in [-0.4, -0.2) is 51.8 Å². The first-order valence-corrected chi connectivity index (χ1v) is 7.93. The van der Waals surface area contributed by atoms with E-state index in [0.29, 0.717) is 11.4 Å². The summed E-state index contributed by atoms with van der Waals surface area (Å²) >= 11 is 0.